The molecule has 0 aromatic heterocycles. The largest absolute Gasteiger partial charge is 0.462 e. The number of carbonyl (C=O) groups is 3. The molecule has 6 nitrogen and oxygen atoms in total. The lowest BCUT2D eigenvalue weighted by Crippen LogP contribution is -2.30. The fraction of sp³-hybridized carbons (Fsp3) is 0.904. The van der Waals surface area contributed by atoms with Crippen molar-refractivity contribution in [3.63, 3.8) is 0 Å². The van der Waals surface area contributed by atoms with Gasteiger partial charge in [-0.15, -0.1) is 0 Å². The minimum atomic E-state index is -0.774. The van der Waals surface area contributed by atoms with Gasteiger partial charge < -0.3 is 14.2 Å². The van der Waals surface area contributed by atoms with Gasteiger partial charge >= 0.3 is 17.9 Å². The average molecular weight is 1110 g/mol. The van der Waals surface area contributed by atoms with Gasteiger partial charge in [0, 0.05) is 19.3 Å². The molecule has 0 bridgehead atoms. The standard InChI is InChI=1S/C73H138O6/c1-4-7-10-13-16-19-22-25-28-30-32-34-35-36-37-39-40-42-45-48-51-54-57-60-63-66-72(75)78-69-70(68-77-71(74)65-62-59-56-53-50-47-44-27-24-21-18-15-12-9-6-3)79-73(76)67-64-61-58-55-52-49-46-43-41-38-33-31-29-26-23-20-17-14-11-8-5-2/h27,31,33,44,70H,4-26,28-30,32,34-43,45-69H2,1-3H3/b33-31-,44-27-. The summed E-state index contributed by atoms with van der Waals surface area (Å²) in [6.07, 6.45) is 83.5. The van der Waals surface area contributed by atoms with E-state index in [9.17, 15) is 14.4 Å². The number of ether oxygens (including phenoxy) is 3. The van der Waals surface area contributed by atoms with Crippen molar-refractivity contribution >= 4 is 17.9 Å². The summed E-state index contributed by atoms with van der Waals surface area (Å²) in [5, 5.41) is 0. The molecule has 1 unspecified atom stereocenters. The summed E-state index contributed by atoms with van der Waals surface area (Å²) in [6.45, 7) is 6.71. The molecule has 6 heteroatoms. The first-order chi connectivity index (χ1) is 39.0. The minimum absolute atomic E-state index is 0.0692. The monoisotopic (exact) mass is 1110 g/mol. The molecular formula is C73H138O6. The molecule has 0 spiro atoms. The lowest BCUT2D eigenvalue weighted by molar-refractivity contribution is -0.167. The number of hydrogen-bond acceptors (Lipinski definition) is 6. The summed E-state index contributed by atoms with van der Waals surface area (Å²) in [5.74, 6) is -0.848. The number of rotatable bonds is 67. The Bertz CT molecular complexity index is 1270. The van der Waals surface area contributed by atoms with Crippen molar-refractivity contribution in [3.8, 4) is 0 Å². The van der Waals surface area contributed by atoms with Crippen molar-refractivity contribution in [1.29, 1.82) is 0 Å². The first-order valence-corrected chi connectivity index (χ1v) is 35.8. The van der Waals surface area contributed by atoms with Crippen LogP contribution < -0.4 is 0 Å². The third-order valence-electron chi connectivity index (χ3n) is 16.4. The summed E-state index contributed by atoms with van der Waals surface area (Å²) in [7, 11) is 0. The minimum Gasteiger partial charge on any atom is -0.462 e. The van der Waals surface area contributed by atoms with Crippen LogP contribution in [0, 0.1) is 0 Å². The number of allylic oxidation sites excluding steroid dienone is 4. The Hall–Kier alpha value is -2.11. The maximum Gasteiger partial charge on any atom is 0.306 e. The summed E-state index contributed by atoms with van der Waals surface area (Å²) in [5.41, 5.74) is 0. The second-order valence-corrected chi connectivity index (χ2v) is 24.5. The number of esters is 3. The normalized spacial score (nSPS) is 12.1. The molecule has 0 aromatic rings. The Morgan fingerprint density at radius 3 is 0.633 bits per heavy atom. The summed E-state index contributed by atoms with van der Waals surface area (Å²) in [4.78, 5) is 38.4. The van der Waals surface area contributed by atoms with Gasteiger partial charge in [0.1, 0.15) is 13.2 Å². The molecule has 0 aliphatic heterocycles. The molecule has 0 N–H and O–H groups in total. The zero-order valence-corrected chi connectivity index (χ0v) is 53.7. The molecule has 1 atom stereocenters. The van der Waals surface area contributed by atoms with Gasteiger partial charge in [-0.1, -0.05) is 340 Å². The van der Waals surface area contributed by atoms with Crippen molar-refractivity contribution in [3.05, 3.63) is 24.3 Å². The van der Waals surface area contributed by atoms with Crippen molar-refractivity contribution in [2.45, 2.75) is 412 Å². The Morgan fingerprint density at radius 2 is 0.418 bits per heavy atom. The predicted molar refractivity (Wildman–Crippen MR) is 344 cm³/mol. The second-order valence-electron chi connectivity index (χ2n) is 24.5. The Labute approximate surface area is 493 Å². The van der Waals surface area contributed by atoms with E-state index in [-0.39, 0.29) is 31.1 Å². The zero-order valence-electron chi connectivity index (χ0n) is 53.7. The van der Waals surface area contributed by atoms with Crippen molar-refractivity contribution < 1.29 is 28.6 Å². The van der Waals surface area contributed by atoms with E-state index in [1.165, 1.54) is 302 Å². The van der Waals surface area contributed by atoms with E-state index in [1.54, 1.807) is 0 Å². The third-order valence-corrected chi connectivity index (χ3v) is 16.4. The first kappa shape index (κ1) is 76.9. The fourth-order valence-electron chi connectivity index (χ4n) is 11.0. The van der Waals surface area contributed by atoms with E-state index >= 15 is 0 Å². The van der Waals surface area contributed by atoms with Gasteiger partial charge in [0.15, 0.2) is 6.10 Å². The highest BCUT2D eigenvalue weighted by Crippen LogP contribution is 2.19. The molecule has 0 aromatic carbocycles. The van der Waals surface area contributed by atoms with Crippen LogP contribution in [0.3, 0.4) is 0 Å². The van der Waals surface area contributed by atoms with E-state index in [0.717, 1.165) is 64.2 Å². The first-order valence-electron chi connectivity index (χ1n) is 35.8. The Balaban J connectivity index is 4.25. The van der Waals surface area contributed by atoms with Gasteiger partial charge in [-0.3, -0.25) is 14.4 Å². The van der Waals surface area contributed by atoms with Gasteiger partial charge in [-0.2, -0.15) is 0 Å². The topological polar surface area (TPSA) is 78.9 Å². The molecule has 0 amide bonds. The maximum absolute atomic E-state index is 13.0. The highest BCUT2D eigenvalue weighted by Gasteiger charge is 2.19. The van der Waals surface area contributed by atoms with Crippen LogP contribution in [0.25, 0.3) is 0 Å². The molecule has 466 valence electrons. The predicted octanol–water partition coefficient (Wildman–Crippen LogP) is 24.6. The third kappa shape index (κ3) is 66.6. The van der Waals surface area contributed by atoms with Crippen molar-refractivity contribution in [2.24, 2.45) is 0 Å². The Kier molecular flexibility index (Phi) is 66.6. The number of carbonyl (C=O) groups excluding carboxylic acids is 3. The van der Waals surface area contributed by atoms with E-state index in [1.807, 2.05) is 0 Å². The lowest BCUT2D eigenvalue weighted by atomic mass is 10.0. The zero-order chi connectivity index (χ0) is 57.1. The summed E-state index contributed by atoms with van der Waals surface area (Å²) in [6, 6.07) is 0. The highest BCUT2D eigenvalue weighted by atomic mass is 16.6. The number of hydrogen-bond donors (Lipinski definition) is 0. The Morgan fingerprint density at radius 1 is 0.241 bits per heavy atom. The van der Waals surface area contributed by atoms with Gasteiger partial charge in [-0.25, -0.2) is 0 Å². The van der Waals surface area contributed by atoms with Crippen LogP contribution in [-0.2, 0) is 28.6 Å². The van der Waals surface area contributed by atoms with Crippen LogP contribution in [0.1, 0.15) is 406 Å². The summed E-state index contributed by atoms with van der Waals surface area (Å²) < 4.78 is 17.0. The molecular weight excluding hydrogens is 973 g/mol. The number of unbranched alkanes of at least 4 members (excludes halogenated alkanes) is 52. The maximum atomic E-state index is 13.0. The van der Waals surface area contributed by atoms with Gasteiger partial charge in [0.25, 0.3) is 0 Å². The van der Waals surface area contributed by atoms with E-state index < -0.39 is 6.10 Å². The molecule has 0 saturated heterocycles. The van der Waals surface area contributed by atoms with Crippen LogP contribution in [-0.4, -0.2) is 37.2 Å². The molecule has 0 rings (SSSR count). The molecule has 0 aliphatic carbocycles. The van der Waals surface area contributed by atoms with Gasteiger partial charge in [0.2, 0.25) is 0 Å². The molecule has 79 heavy (non-hydrogen) atoms. The summed E-state index contributed by atoms with van der Waals surface area (Å²) >= 11 is 0. The molecule has 0 saturated carbocycles. The van der Waals surface area contributed by atoms with Crippen molar-refractivity contribution in [2.75, 3.05) is 13.2 Å². The quantitative estimate of drug-likeness (QED) is 0.0261. The fourth-order valence-corrected chi connectivity index (χ4v) is 11.0. The lowest BCUT2D eigenvalue weighted by Gasteiger charge is -2.18. The average Bonchev–Trinajstić information content (AvgIpc) is 3.45. The van der Waals surface area contributed by atoms with Gasteiger partial charge in [-0.05, 0) is 70.6 Å². The molecule has 0 heterocycles. The molecule has 0 fully saturated rings. The van der Waals surface area contributed by atoms with Crippen LogP contribution in [0.5, 0.6) is 0 Å². The molecule has 0 radical (unpaired) electrons. The van der Waals surface area contributed by atoms with Crippen LogP contribution in [0.15, 0.2) is 24.3 Å². The smallest absolute Gasteiger partial charge is 0.306 e. The van der Waals surface area contributed by atoms with Crippen molar-refractivity contribution in [1.82, 2.24) is 0 Å². The second kappa shape index (κ2) is 68.4. The van der Waals surface area contributed by atoms with Crippen LogP contribution >= 0.6 is 0 Å². The van der Waals surface area contributed by atoms with E-state index in [0.29, 0.717) is 19.3 Å². The van der Waals surface area contributed by atoms with E-state index in [4.69, 9.17) is 14.2 Å². The SMILES string of the molecule is CCCCCCCC/C=C\CCCCCCCC(=O)OCC(COC(=O)CCCCCCCCCCCCCCCCCCCCCCCCCCC)OC(=O)CCCCCCCCCCC/C=C\CCCCCCCCCC. The van der Waals surface area contributed by atoms with E-state index in [2.05, 4.69) is 45.1 Å². The van der Waals surface area contributed by atoms with Crippen LogP contribution in [0.2, 0.25) is 0 Å². The van der Waals surface area contributed by atoms with Gasteiger partial charge in [0.05, 0.1) is 0 Å². The molecule has 0 aliphatic rings. The van der Waals surface area contributed by atoms with Crippen LogP contribution in [0.4, 0.5) is 0 Å². The highest BCUT2D eigenvalue weighted by molar-refractivity contribution is 5.71.